The van der Waals surface area contributed by atoms with Crippen molar-refractivity contribution in [2.45, 2.75) is 45.9 Å². The molecule has 1 unspecified atom stereocenters. The van der Waals surface area contributed by atoms with E-state index in [0.29, 0.717) is 26.1 Å². The van der Waals surface area contributed by atoms with Crippen molar-refractivity contribution in [3.63, 3.8) is 0 Å². The van der Waals surface area contributed by atoms with Crippen LogP contribution < -0.4 is 4.74 Å². The van der Waals surface area contributed by atoms with Crippen LogP contribution in [0.3, 0.4) is 0 Å². The molecule has 0 aliphatic carbocycles. The lowest BCUT2D eigenvalue weighted by Gasteiger charge is -2.31. The number of methoxy groups -OCH3 is 1. The van der Waals surface area contributed by atoms with E-state index in [1.807, 2.05) is 86.8 Å². The van der Waals surface area contributed by atoms with Crippen LogP contribution in [-0.2, 0) is 24.4 Å². The fourth-order valence-electron chi connectivity index (χ4n) is 4.63. The average molecular weight is 542 g/mol. The fraction of sp³-hybridized carbons (Fsp3) is 0.273. The molecule has 1 heterocycles. The predicted octanol–water partition coefficient (Wildman–Crippen LogP) is 6.15. The molecule has 3 aromatic carbocycles. The highest BCUT2D eigenvalue weighted by Crippen LogP contribution is 2.18. The molecule has 4 rings (SSSR count). The number of rotatable bonds is 12. The van der Waals surface area contributed by atoms with Gasteiger partial charge in [-0.15, -0.1) is 0 Å². The van der Waals surface area contributed by atoms with Gasteiger partial charge < -0.3 is 19.1 Å². The van der Waals surface area contributed by atoms with Gasteiger partial charge in [0.05, 0.1) is 13.7 Å². The molecule has 6 nitrogen and oxygen atoms in total. The Kier molecular flexibility index (Phi) is 9.73. The Morgan fingerprint density at radius 1 is 0.900 bits per heavy atom. The average Bonchev–Trinajstić information content (AvgIpc) is 3.41. The minimum Gasteiger partial charge on any atom is -0.497 e. The third-order valence-corrected chi connectivity index (χ3v) is 7.09. The first kappa shape index (κ1) is 28.6. The van der Waals surface area contributed by atoms with Crippen LogP contribution in [-0.4, -0.2) is 45.9 Å². The third kappa shape index (κ3) is 7.38. The molecule has 1 aromatic heterocycles. The first-order chi connectivity index (χ1) is 19.4. The molecule has 7 heteroatoms. The number of halogens is 1. The zero-order valence-electron chi connectivity index (χ0n) is 23.3. The van der Waals surface area contributed by atoms with Crippen molar-refractivity contribution in [2.24, 2.45) is 0 Å². The van der Waals surface area contributed by atoms with E-state index in [2.05, 4.69) is 4.57 Å². The maximum absolute atomic E-state index is 13.9. The van der Waals surface area contributed by atoms with E-state index in [-0.39, 0.29) is 30.0 Å². The maximum atomic E-state index is 13.9. The lowest BCUT2D eigenvalue weighted by molar-refractivity contribution is -0.133. The van der Waals surface area contributed by atoms with Crippen LogP contribution in [0.25, 0.3) is 0 Å². The second kappa shape index (κ2) is 13.6. The number of benzene rings is 3. The number of ether oxygens (including phenoxy) is 1. The summed E-state index contributed by atoms with van der Waals surface area (Å²) in [5.74, 6) is -0.227. The van der Waals surface area contributed by atoms with Gasteiger partial charge >= 0.3 is 0 Å². The monoisotopic (exact) mass is 541 g/mol. The Morgan fingerprint density at radius 3 is 2.38 bits per heavy atom. The zero-order valence-corrected chi connectivity index (χ0v) is 23.3. The molecule has 0 bridgehead atoms. The molecule has 40 heavy (non-hydrogen) atoms. The molecule has 0 aliphatic heterocycles. The fourth-order valence-corrected chi connectivity index (χ4v) is 4.63. The van der Waals surface area contributed by atoms with Crippen LogP contribution in [0.2, 0.25) is 0 Å². The van der Waals surface area contributed by atoms with E-state index in [1.54, 1.807) is 23.0 Å². The Balaban J connectivity index is 1.59. The molecule has 208 valence electrons. The zero-order chi connectivity index (χ0) is 28.5. The Bertz CT molecular complexity index is 1420. The van der Waals surface area contributed by atoms with Gasteiger partial charge in [-0.25, -0.2) is 4.39 Å². The smallest absolute Gasteiger partial charge is 0.254 e. The van der Waals surface area contributed by atoms with Crippen LogP contribution in [0.5, 0.6) is 5.75 Å². The van der Waals surface area contributed by atoms with Crippen molar-refractivity contribution in [3.05, 3.63) is 125 Å². The quantitative estimate of drug-likeness (QED) is 0.216. The normalized spacial score (nSPS) is 11.6. The van der Waals surface area contributed by atoms with Gasteiger partial charge in [-0.2, -0.15) is 0 Å². The second-order valence-corrected chi connectivity index (χ2v) is 9.92. The molecule has 0 saturated heterocycles. The van der Waals surface area contributed by atoms with Gasteiger partial charge in [0.1, 0.15) is 18.1 Å². The molecule has 2 amide bonds. The van der Waals surface area contributed by atoms with E-state index >= 15 is 0 Å². The minimum absolute atomic E-state index is 0.103. The molecule has 0 aliphatic rings. The number of carbonyl (C=O) groups excluding carboxylic acids is 2. The van der Waals surface area contributed by atoms with Gasteiger partial charge in [-0.1, -0.05) is 55.5 Å². The summed E-state index contributed by atoms with van der Waals surface area (Å²) in [6, 6.07) is 27.1. The van der Waals surface area contributed by atoms with Gasteiger partial charge in [0.15, 0.2) is 0 Å². The number of carbonyl (C=O) groups is 2. The van der Waals surface area contributed by atoms with E-state index in [4.69, 9.17) is 4.74 Å². The number of amides is 2. The van der Waals surface area contributed by atoms with Crippen LogP contribution >= 0.6 is 0 Å². The lowest BCUT2D eigenvalue weighted by atomic mass is 10.1. The van der Waals surface area contributed by atoms with E-state index in [1.165, 1.54) is 18.2 Å². The van der Waals surface area contributed by atoms with Gasteiger partial charge in [0.2, 0.25) is 5.91 Å². The van der Waals surface area contributed by atoms with E-state index in [0.717, 1.165) is 22.6 Å². The topological polar surface area (TPSA) is 54.8 Å². The summed E-state index contributed by atoms with van der Waals surface area (Å²) in [5, 5.41) is 0. The molecule has 0 radical (unpaired) electrons. The third-order valence-electron chi connectivity index (χ3n) is 7.09. The van der Waals surface area contributed by atoms with Crippen molar-refractivity contribution >= 4 is 11.8 Å². The summed E-state index contributed by atoms with van der Waals surface area (Å²) >= 11 is 0. The molecular weight excluding hydrogens is 505 g/mol. The van der Waals surface area contributed by atoms with Crippen LogP contribution in [0, 0.1) is 5.82 Å². The molecule has 1 atom stereocenters. The summed E-state index contributed by atoms with van der Waals surface area (Å²) < 4.78 is 21.4. The SMILES string of the molecule is CCC(C)N(CC(=O)N(Cc1ccccc1)Cc1cccn1Cc1cccc(OC)c1)C(=O)c1cccc(F)c1. The van der Waals surface area contributed by atoms with Crippen molar-refractivity contribution in [2.75, 3.05) is 13.7 Å². The summed E-state index contributed by atoms with van der Waals surface area (Å²) in [6.07, 6.45) is 2.66. The van der Waals surface area contributed by atoms with Crippen molar-refractivity contribution < 1.29 is 18.7 Å². The Labute approximate surface area is 235 Å². The largest absolute Gasteiger partial charge is 0.497 e. The van der Waals surface area contributed by atoms with Crippen molar-refractivity contribution in [3.8, 4) is 5.75 Å². The summed E-state index contributed by atoms with van der Waals surface area (Å²) in [4.78, 5) is 30.6. The second-order valence-electron chi connectivity index (χ2n) is 9.92. The van der Waals surface area contributed by atoms with Gasteiger partial charge in [0.25, 0.3) is 5.91 Å². The number of hydrogen-bond donors (Lipinski definition) is 0. The van der Waals surface area contributed by atoms with Gasteiger partial charge in [-0.3, -0.25) is 9.59 Å². The van der Waals surface area contributed by atoms with E-state index in [9.17, 15) is 14.0 Å². The highest BCUT2D eigenvalue weighted by atomic mass is 19.1. The number of aromatic nitrogens is 1. The van der Waals surface area contributed by atoms with Crippen LogP contribution in [0.15, 0.2) is 97.2 Å². The van der Waals surface area contributed by atoms with Gasteiger partial charge in [-0.05, 0) is 66.9 Å². The summed E-state index contributed by atoms with van der Waals surface area (Å²) in [7, 11) is 1.65. The lowest BCUT2D eigenvalue weighted by Crippen LogP contribution is -2.46. The maximum Gasteiger partial charge on any atom is 0.254 e. The Morgan fingerprint density at radius 2 is 1.65 bits per heavy atom. The molecule has 0 spiro atoms. The van der Waals surface area contributed by atoms with Gasteiger partial charge in [0, 0.05) is 36.6 Å². The van der Waals surface area contributed by atoms with Crippen LogP contribution in [0.1, 0.15) is 47.4 Å². The molecule has 0 fully saturated rings. The minimum atomic E-state index is -0.483. The molecule has 0 N–H and O–H groups in total. The van der Waals surface area contributed by atoms with Crippen molar-refractivity contribution in [1.29, 1.82) is 0 Å². The molecule has 4 aromatic rings. The Hall–Kier alpha value is -4.39. The highest BCUT2D eigenvalue weighted by molar-refractivity contribution is 5.96. The summed E-state index contributed by atoms with van der Waals surface area (Å²) in [6.45, 7) is 5.16. The number of hydrogen-bond acceptors (Lipinski definition) is 3. The highest BCUT2D eigenvalue weighted by Gasteiger charge is 2.26. The van der Waals surface area contributed by atoms with E-state index < -0.39 is 5.82 Å². The molecular formula is C33H36FN3O3. The van der Waals surface area contributed by atoms with Crippen LogP contribution in [0.4, 0.5) is 4.39 Å². The first-order valence-corrected chi connectivity index (χ1v) is 13.5. The van der Waals surface area contributed by atoms with Crippen molar-refractivity contribution in [1.82, 2.24) is 14.4 Å². The predicted molar refractivity (Wildman–Crippen MR) is 154 cm³/mol. The standard InChI is InChI=1S/C33H36FN3O3/c1-4-25(2)37(33(39)28-14-9-15-29(34)20-28)24-32(38)36(21-26-11-6-5-7-12-26)23-30-16-10-18-35(30)22-27-13-8-17-31(19-27)40-3/h5-20,25H,4,21-24H2,1-3H3. The molecule has 0 saturated carbocycles. The first-order valence-electron chi connectivity index (χ1n) is 13.5. The summed E-state index contributed by atoms with van der Waals surface area (Å²) in [5.41, 5.74) is 3.28. The number of nitrogens with zero attached hydrogens (tertiary/aromatic N) is 3.